The second-order valence-corrected chi connectivity index (χ2v) is 35.9. The molecule has 0 radical (unpaired) electrons. The van der Waals surface area contributed by atoms with Crippen molar-refractivity contribution >= 4 is 23.5 Å². The molecule has 12 nitrogen and oxygen atoms in total. The number of rotatable bonds is 18. The number of hydrogen-bond acceptors (Lipinski definition) is 12. The quantitative estimate of drug-likeness (QED) is 0.0350. The largest absolute Gasteiger partial charge is 0.493 e. The third kappa shape index (κ3) is 30.9. The van der Waals surface area contributed by atoms with Gasteiger partial charge in [-0.2, -0.15) is 0 Å². The Hall–Kier alpha value is -10.8. The lowest BCUT2D eigenvalue weighted by atomic mass is 9.86. The van der Waals surface area contributed by atoms with E-state index in [4.69, 9.17) is 44.3 Å². The summed E-state index contributed by atoms with van der Waals surface area (Å²) in [7, 11) is 0. The molecule has 0 spiro atoms. The van der Waals surface area contributed by atoms with Crippen LogP contribution in [0.25, 0.3) is 0 Å². The molecule has 0 heterocycles. The number of Topliss-reactive ketones (excluding diaryl/α,β-unsaturated/α-hetero) is 2. The number of carbonyl (C=O) groups is 4. The normalized spacial score (nSPS) is 15.6. The lowest BCUT2D eigenvalue weighted by Crippen LogP contribution is -2.23. The van der Waals surface area contributed by atoms with Crippen LogP contribution in [0.1, 0.15) is 330 Å². The standard InChI is InChI=1S/C40H48O6.C34H44O2.C25H32O.C10H16O.2C5H8O/c1-23(2)39(41)45-21-43-34-16-13-33(14-17-34)15-18-35-25(5)27(7)36(28(8)26(35)6)19-20-37-29(9)31(11)38(32(12)30(37)10)44-22-46-40(42)24(3)4;1-11-35-30-16-13-29(14-17-30)15-18-31-21(3)23(5)32(24(6)22(31)4)19-20-33-25(7)27(9)34(36-12-2)28(10)26(33)8;1-11-26-25-21(9)19(7)24(20(8)22(25)10)13-12-23-17(5)15(3)14(2)16(4)18(23)6;1-3-9-5-7-10(8-6-9)11-4-2;2*1-4(2)5(3)6/h33-34H,1,3,13-14,16-17,21-22H2,2,4-12H3;29-30H,11-14,16-17H2,1-10H3;11H2,1-10H3;1,9-10H,4-8H2,2H3;2*1H2,2-3H3. The van der Waals surface area contributed by atoms with Crippen molar-refractivity contribution < 1.29 is 57.1 Å². The van der Waals surface area contributed by atoms with Crippen molar-refractivity contribution in [2.24, 2.45) is 17.8 Å². The Morgan fingerprint density at radius 2 is 0.458 bits per heavy atom. The molecule has 3 saturated carbocycles. The number of allylic oxidation sites excluding steroid dienone is 2. The van der Waals surface area contributed by atoms with Gasteiger partial charge in [0.2, 0.25) is 6.79 Å². The second-order valence-electron chi connectivity index (χ2n) is 35.9. The molecule has 6 aromatic rings. The van der Waals surface area contributed by atoms with Crippen molar-refractivity contribution in [3.05, 3.63) is 232 Å². The smallest absolute Gasteiger partial charge is 0.335 e. The van der Waals surface area contributed by atoms with Crippen LogP contribution in [0.2, 0.25) is 0 Å². The molecule has 0 atom stereocenters. The molecule has 0 amide bonds. The SMILES string of the molecule is C#CC1CCC(OCC)CC1.C=C(C)C(=O)OCOc1c(C)c(C)c(C#Cc2c(C)c(C)c(C#CC3CCC(OCOC(=O)C(=C)C)CC3)c(C)c2C)c(C)c1C.C=C(C)C(C)=O.C=C(C)C(C)=O.CCOc1c(C)c(C)c(C#Cc2c(C)c(C)c(C#CC3CCC(OCC)CC3)c(C)c2C)c(C)c1C.CCOc1c(C)c(C)c(C#Cc2c(C)c(C)c(C)c(C)c2C)c(C)c1C. The third-order valence-corrected chi connectivity index (χ3v) is 27.1. The minimum Gasteiger partial charge on any atom is -0.493 e. The van der Waals surface area contributed by atoms with Gasteiger partial charge < -0.3 is 37.9 Å². The summed E-state index contributed by atoms with van der Waals surface area (Å²) in [6, 6.07) is 0. The molecule has 0 aliphatic heterocycles. The Kier molecular flexibility index (Phi) is 46.1. The van der Waals surface area contributed by atoms with Gasteiger partial charge >= 0.3 is 11.9 Å². The van der Waals surface area contributed by atoms with Crippen molar-refractivity contribution in [3.63, 3.8) is 0 Å². The van der Waals surface area contributed by atoms with E-state index in [1.807, 2.05) is 48.5 Å². The molecule has 3 fully saturated rings. The first-order valence-electron chi connectivity index (χ1n) is 46.9. The fourth-order valence-electron chi connectivity index (χ4n) is 16.3. The summed E-state index contributed by atoms with van der Waals surface area (Å²) in [4.78, 5) is 43.4. The second kappa shape index (κ2) is 53.6. The van der Waals surface area contributed by atoms with Crippen LogP contribution in [0.5, 0.6) is 17.2 Å². The summed E-state index contributed by atoms with van der Waals surface area (Å²) in [5.41, 5.74) is 40.7. The molecule has 0 saturated heterocycles. The van der Waals surface area contributed by atoms with E-state index >= 15 is 0 Å². The van der Waals surface area contributed by atoms with Gasteiger partial charge in [0.05, 0.1) is 31.5 Å². The molecule has 12 heteroatoms. The highest BCUT2D eigenvalue weighted by atomic mass is 16.7. The first-order valence-corrected chi connectivity index (χ1v) is 46.9. The van der Waals surface area contributed by atoms with Crippen LogP contribution in [-0.4, -0.2) is 81.8 Å². The van der Waals surface area contributed by atoms with E-state index in [0.29, 0.717) is 71.2 Å². The van der Waals surface area contributed by atoms with Crippen LogP contribution in [0, 0.1) is 262 Å². The summed E-state index contributed by atoms with van der Waals surface area (Å²) in [6.45, 7) is 88.2. The zero-order chi connectivity index (χ0) is 99.0. The average Bonchev–Trinajstić information content (AvgIpc) is 0.787. The fourth-order valence-corrected chi connectivity index (χ4v) is 16.3. The lowest BCUT2D eigenvalue weighted by molar-refractivity contribution is -0.157. The Balaban J connectivity index is 0.000000373. The van der Waals surface area contributed by atoms with Crippen molar-refractivity contribution in [1.29, 1.82) is 0 Å². The lowest BCUT2D eigenvalue weighted by Gasteiger charge is -2.25. The predicted molar refractivity (Wildman–Crippen MR) is 545 cm³/mol. The Morgan fingerprint density at radius 1 is 0.260 bits per heavy atom. The summed E-state index contributed by atoms with van der Waals surface area (Å²) in [5.74, 6) is 41.4. The average molecular weight is 1780 g/mol. The van der Waals surface area contributed by atoms with Crippen LogP contribution in [0.4, 0.5) is 0 Å². The highest BCUT2D eigenvalue weighted by Crippen LogP contribution is 2.39. The van der Waals surface area contributed by atoms with Gasteiger partial charge in [-0.05, 0) is 470 Å². The van der Waals surface area contributed by atoms with E-state index in [-0.39, 0.29) is 31.3 Å². The molecule has 0 unspecified atom stereocenters. The maximum atomic E-state index is 11.8. The maximum Gasteiger partial charge on any atom is 0.335 e. The van der Waals surface area contributed by atoms with E-state index < -0.39 is 11.9 Å². The number of benzene rings is 6. The van der Waals surface area contributed by atoms with E-state index in [1.54, 1.807) is 27.7 Å². The molecule has 131 heavy (non-hydrogen) atoms. The first-order chi connectivity index (χ1) is 61.5. The first kappa shape index (κ1) is 113. The minimum atomic E-state index is -0.478. The zero-order valence-electron chi connectivity index (χ0n) is 87.0. The third-order valence-electron chi connectivity index (χ3n) is 27.1. The maximum absolute atomic E-state index is 11.8. The van der Waals surface area contributed by atoms with Crippen molar-refractivity contribution in [2.75, 3.05) is 40.0 Å². The van der Waals surface area contributed by atoms with Crippen molar-refractivity contribution in [1.82, 2.24) is 0 Å². The molecule has 3 aliphatic carbocycles. The molecule has 0 aromatic heterocycles. The molecule has 9 rings (SSSR count). The summed E-state index contributed by atoms with van der Waals surface area (Å²) < 4.78 is 45.0. The topological polar surface area (TPSA) is 142 Å². The monoisotopic (exact) mass is 1780 g/mol. The molecule has 704 valence electrons. The van der Waals surface area contributed by atoms with Crippen molar-refractivity contribution in [3.8, 4) is 88.8 Å². The molecular weight excluding hydrogens is 1620 g/mol. The fraction of sp³-hybridized carbons (Fsp3) is 0.496. The number of hydrogen-bond donors (Lipinski definition) is 0. The van der Waals surface area contributed by atoms with E-state index in [9.17, 15) is 19.2 Å². The van der Waals surface area contributed by atoms with E-state index in [1.165, 1.54) is 120 Å². The van der Waals surface area contributed by atoms with Crippen LogP contribution >= 0.6 is 0 Å². The molecule has 0 bridgehead atoms. The summed E-state index contributed by atoms with van der Waals surface area (Å²) >= 11 is 0. The van der Waals surface area contributed by atoms with Crippen LogP contribution in [-0.2, 0) is 42.9 Å². The molecule has 0 N–H and O–H groups in total. The molecule has 3 aliphatic rings. The van der Waals surface area contributed by atoms with Gasteiger partial charge in [-0.1, -0.05) is 85.5 Å². The number of terminal acetylenes is 1. The highest BCUT2D eigenvalue weighted by Gasteiger charge is 2.26. The Labute approximate surface area is 792 Å². The van der Waals surface area contributed by atoms with Crippen molar-refractivity contribution in [2.45, 2.75) is 338 Å². The number of ketones is 2. The number of esters is 2. The van der Waals surface area contributed by atoms with E-state index in [2.05, 4.69) is 244 Å². The number of carbonyl (C=O) groups excluding carboxylic acids is 4. The van der Waals surface area contributed by atoms with Crippen LogP contribution < -0.4 is 14.2 Å². The van der Waals surface area contributed by atoms with Gasteiger partial charge in [0.1, 0.15) is 17.2 Å². The van der Waals surface area contributed by atoms with Crippen LogP contribution in [0.3, 0.4) is 0 Å². The summed E-state index contributed by atoms with van der Waals surface area (Å²) in [6.07, 6.45) is 19.2. The molecule has 6 aromatic carbocycles. The van der Waals surface area contributed by atoms with Gasteiger partial charge in [-0.3, -0.25) is 9.59 Å². The Morgan fingerprint density at radius 3 is 0.679 bits per heavy atom. The van der Waals surface area contributed by atoms with Gasteiger partial charge in [-0.15, -0.1) is 12.3 Å². The van der Waals surface area contributed by atoms with E-state index in [0.717, 1.165) is 180 Å². The van der Waals surface area contributed by atoms with Gasteiger partial charge in [0.15, 0.2) is 18.4 Å². The van der Waals surface area contributed by atoms with Gasteiger partial charge in [0.25, 0.3) is 0 Å². The minimum absolute atomic E-state index is 0.0360. The van der Waals surface area contributed by atoms with Gasteiger partial charge in [-0.25, -0.2) is 9.59 Å². The number of ether oxygens (including phenoxy) is 8. The highest BCUT2D eigenvalue weighted by molar-refractivity contribution is 5.92. The zero-order valence-corrected chi connectivity index (χ0v) is 87.0. The molecular formula is C119H156O12. The Bertz CT molecular complexity index is 5390. The van der Waals surface area contributed by atoms with Crippen LogP contribution in [0.15, 0.2) is 48.6 Å². The predicted octanol–water partition coefficient (Wildman–Crippen LogP) is 26.7. The van der Waals surface area contributed by atoms with Gasteiger partial charge in [0, 0.05) is 86.6 Å². The summed E-state index contributed by atoms with van der Waals surface area (Å²) in [5, 5.41) is 0.